The Labute approximate surface area is 144 Å². The molecule has 0 aliphatic carbocycles. The van der Waals surface area contributed by atoms with E-state index in [4.69, 9.17) is 23.2 Å². The van der Waals surface area contributed by atoms with Gasteiger partial charge in [0.25, 0.3) is 0 Å². The van der Waals surface area contributed by atoms with Gasteiger partial charge in [-0.25, -0.2) is 0 Å². The van der Waals surface area contributed by atoms with Crippen LogP contribution in [-0.4, -0.2) is 15.1 Å². The first-order valence-electron chi connectivity index (χ1n) is 7.16. The van der Waals surface area contributed by atoms with Gasteiger partial charge in [0.1, 0.15) is 0 Å². The average molecular weight is 390 g/mol. The maximum atomic E-state index is 6.50. The minimum Gasteiger partial charge on any atom is -0.268 e. The molecule has 0 saturated carbocycles. The van der Waals surface area contributed by atoms with Crippen LogP contribution in [0.1, 0.15) is 36.7 Å². The molecule has 2 aromatic rings. The van der Waals surface area contributed by atoms with Crippen molar-refractivity contribution in [3.63, 3.8) is 0 Å². The summed E-state index contributed by atoms with van der Waals surface area (Å²) in [6.45, 7) is 5.01. The molecule has 0 radical (unpaired) electrons. The highest BCUT2D eigenvalue weighted by Crippen LogP contribution is 2.30. The fourth-order valence-electron chi connectivity index (χ4n) is 2.47. The molecule has 114 valence electrons. The van der Waals surface area contributed by atoms with E-state index < -0.39 is 0 Å². The molecule has 1 unspecified atom stereocenters. The largest absolute Gasteiger partial charge is 0.268 e. The Hall–Kier alpha value is -0.510. The molecule has 0 bridgehead atoms. The summed E-state index contributed by atoms with van der Waals surface area (Å²) in [6.07, 6.45) is 1.71. The lowest BCUT2D eigenvalue weighted by molar-refractivity contribution is 0.595. The maximum Gasteiger partial charge on any atom is 0.0850 e. The molecule has 0 amide bonds. The van der Waals surface area contributed by atoms with E-state index in [1.165, 1.54) is 5.56 Å². The number of nitrogens with zero attached hydrogens (tertiary/aromatic N) is 2. The lowest BCUT2D eigenvalue weighted by Gasteiger charge is -2.16. The van der Waals surface area contributed by atoms with Gasteiger partial charge in [0.05, 0.1) is 16.4 Å². The van der Waals surface area contributed by atoms with E-state index in [-0.39, 0.29) is 0 Å². The molecular formula is C16H19BrCl2N2. The first-order valence-corrected chi connectivity index (χ1v) is 9.03. The fraction of sp³-hybridized carbons (Fsp3) is 0.438. The van der Waals surface area contributed by atoms with Crippen molar-refractivity contribution in [2.24, 2.45) is 0 Å². The van der Waals surface area contributed by atoms with Crippen molar-refractivity contribution in [3.05, 3.63) is 51.3 Å². The summed E-state index contributed by atoms with van der Waals surface area (Å²) >= 11 is 16.2. The van der Waals surface area contributed by atoms with Crippen LogP contribution in [0.25, 0.3) is 0 Å². The van der Waals surface area contributed by atoms with Crippen molar-refractivity contribution in [3.8, 4) is 0 Å². The fourth-order valence-corrected chi connectivity index (χ4v) is 3.62. The molecule has 0 aliphatic rings. The van der Waals surface area contributed by atoms with Gasteiger partial charge in [0.15, 0.2) is 0 Å². The number of benzene rings is 1. The van der Waals surface area contributed by atoms with Crippen molar-refractivity contribution in [2.75, 3.05) is 5.33 Å². The quantitative estimate of drug-likeness (QED) is 0.597. The van der Waals surface area contributed by atoms with E-state index in [2.05, 4.69) is 40.9 Å². The van der Waals surface area contributed by atoms with Crippen molar-refractivity contribution in [1.82, 2.24) is 9.78 Å². The van der Waals surface area contributed by atoms with E-state index in [0.29, 0.717) is 5.92 Å². The molecule has 5 heteroatoms. The van der Waals surface area contributed by atoms with E-state index >= 15 is 0 Å². The highest BCUT2D eigenvalue weighted by molar-refractivity contribution is 9.09. The summed E-state index contributed by atoms with van der Waals surface area (Å²) in [7, 11) is 0. The van der Waals surface area contributed by atoms with Gasteiger partial charge in [-0.15, -0.1) is 0 Å². The van der Waals surface area contributed by atoms with Crippen LogP contribution in [0.5, 0.6) is 0 Å². The Balaban J connectivity index is 2.32. The Bertz CT molecular complexity index is 610. The van der Waals surface area contributed by atoms with E-state index in [1.54, 1.807) is 0 Å². The minimum absolute atomic E-state index is 0.327. The van der Waals surface area contributed by atoms with Gasteiger partial charge in [-0.1, -0.05) is 58.2 Å². The molecule has 21 heavy (non-hydrogen) atoms. The normalized spacial score (nSPS) is 12.6. The van der Waals surface area contributed by atoms with Crippen molar-refractivity contribution < 1.29 is 0 Å². The Morgan fingerprint density at radius 1 is 1.29 bits per heavy atom. The minimum atomic E-state index is 0.327. The average Bonchev–Trinajstić information content (AvgIpc) is 2.80. The molecule has 2 nitrogen and oxygen atoms in total. The summed E-state index contributed by atoms with van der Waals surface area (Å²) in [4.78, 5) is 0. The maximum absolute atomic E-state index is 6.50. The SMILES string of the molecule is CCc1nn(CC)c(CC(CBr)c2cccc(Cl)c2)c1Cl. The Morgan fingerprint density at radius 3 is 2.62 bits per heavy atom. The van der Waals surface area contributed by atoms with Crippen LogP contribution in [0, 0.1) is 0 Å². The lowest BCUT2D eigenvalue weighted by atomic mass is 9.96. The first-order chi connectivity index (χ1) is 10.1. The summed E-state index contributed by atoms with van der Waals surface area (Å²) in [5.41, 5.74) is 3.31. The Morgan fingerprint density at radius 2 is 2.05 bits per heavy atom. The predicted molar refractivity (Wildman–Crippen MR) is 94.0 cm³/mol. The number of aromatic nitrogens is 2. The highest BCUT2D eigenvalue weighted by atomic mass is 79.9. The Kier molecular flexibility index (Phi) is 6.15. The van der Waals surface area contributed by atoms with Crippen molar-refractivity contribution in [2.45, 2.75) is 39.2 Å². The van der Waals surface area contributed by atoms with Crippen LogP contribution in [0.4, 0.5) is 0 Å². The van der Waals surface area contributed by atoms with Crippen LogP contribution < -0.4 is 0 Å². The van der Waals surface area contributed by atoms with E-state index in [9.17, 15) is 0 Å². The molecule has 0 aliphatic heterocycles. The van der Waals surface area contributed by atoms with Crippen LogP contribution in [0.2, 0.25) is 10.0 Å². The zero-order valence-electron chi connectivity index (χ0n) is 12.2. The first kappa shape index (κ1) is 16.9. The van der Waals surface area contributed by atoms with Gasteiger partial charge < -0.3 is 0 Å². The van der Waals surface area contributed by atoms with E-state index in [0.717, 1.165) is 46.1 Å². The van der Waals surface area contributed by atoms with Crippen molar-refractivity contribution >= 4 is 39.1 Å². The molecule has 1 aromatic carbocycles. The molecule has 0 saturated heterocycles. The second-order valence-corrected chi connectivity index (χ2v) is 6.45. The number of halogens is 3. The number of hydrogen-bond acceptors (Lipinski definition) is 1. The van der Waals surface area contributed by atoms with Crippen LogP contribution in [-0.2, 0) is 19.4 Å². The van der Waals surface area contributed by atoms with Crippen molar-refractivity contribution in [1.29, 1.82) is 0 Å². The summed E-state index contributed by atoms with van der Waals surface area (Å²) in [5.74, 6) is 0.327. The summed E-state index contributed by atoms with van der Waals surface area (Å²) < 4.78 is 2.02. The van der Waals surface area contributed by atoms with Gasteiger partial charge in [0, 0.05) is 16.9 Å². The molecular weight excluding hydrogens is 371 g/mol. The predicted octanol–water partition coefficient (Wildman–Crippen LogP) is 5.49. The molecule has 0 N–H and O–H groups in total. The lowest BCUT2D eigenvalue weighted by Crippen LogP contribution is -2.10. The number of aryl methyl sites for hydroxylation is 2. The number of rotatable bonds is 6. The number of alkyl halides is 1. The third kappa shape index (κ3) is 3.82. The topological polar surface area (TPSA) is 17.8 Å². The standard InChI is InChI=1S/C16H19BrCl2N2/c1-3-14-16(19)15(21(4-2)20-14)9-12(10-17)11-6-5-7-13(18)8-11/h5-8,12H,3-4,9-10H2,1-2H3. The van der Waals surface area contributed by atoms with Crippen LogP contribution >= 0.6 is 39.1 Å². The van der Waals surface area contributed by atoms with Crippen LogP contribution in [0.15, 0.2) is 24.3 Å². The molecule has 0 spiro atoms. The summed E-state index contributed by atoms with van der Waals surface area (Å²) in [6, 6.07) is 8.02. The summed E-state index contributed by atoms with van der Waals surface area (Å²) in [5, 5.41) is 7.03. The molecule has 1 atom stereocenters. The smallest absolute Gasteiger partial charge is 0.0850 e. The van der Waals surface area contributed by atoms with E-state index in [1.807, 2.05) is 22.9 Å². The van der Waals surface area contributed by atoms with Gasteiger partial charge in [-0.05, 0) is 43.4 Å². The molecule has 1 heterocycles. The van der Waals surface area contributed by atoms with Gasteiger partial charge in [-0.2, -0.15) is 5.10 Å². The molecule has 1 aromatic heterocycles. The zero-order chi connectivity index (χ0) is 15.4. The van der Waals surface area contributed by atoms with Gasteiger partial charge >= 0.3 is 0 Å². The second-order valence-electron chi connectivity index (χ2n) is 4.99. The monoisotopic (exact) mass is 388 g/mol. The van der Waals surface area contributed by atoms with Crippen LogP contribution in [0.3, 0.4) is 0 Å². The third-order valence-corrected chi connectivity index (χ3v) is 5.09. The molecule has 2 rings (SSSR count). The number of hydrogen-bond donors (Lipinski definition) is 0. The second kappa shape index (κ2) is 7.66. The zero-order valence-corrected chi connectivity index (χ0v) is 15.3. The van der Waals surface area contributed by atoms with Gasteiger partial charge in [-0.3, -0.25) is 4.68 Å². The third-order valence-electron chi connectivity index (χ3n) is 3.64. The van der Waals surface area contributed by atoms with Gasteiger partial charge in [0.2, 0.25) is 0 Å². The molecule has 0 fully saturated rings. The highest BCUT2D eigenvalue weighted by Gasteiger charge is 2.19.